The van der Waals surface area contributed by atoms with Crippen molar-refractivity contribution in [2.24, 2.45) is 12.5 Å². The number of nitrogens with one attached hydrogen (secondary N) is 1. The highest BCUT2D eigenvalue weighted by atomic mass is 15.2. The molecule has 0 amide bonds. The van der Waals surface area contributed by atoms with Gasteiger partial charge in [0.25, 0.3) is 0 Å². The van der Waals surface area contributed by atoms with E-state index in [-0.39, 0.29) is 0 Å². The van der Waals surface area contributed by atoms with Crippen LogP contribution >= 0.6 is 0 Å². The van der Waals surface area contributed by atoms with Crippen LogP contribution in [0.15, 0.2) is 12.4 Å². The van der Waals surface area contributed by atoms with Crippen LogP contribution in [-0.2, 0) is 13.5 Å². The van der Waals surface area contributed by atoms with Crippen LogP contribution in [0.4, 0.5) is 0 Å². The predicted octanol–water partition coefficient (Wildman–Crippen LogP) is 0.962. The summed E-state index contributed by atoms with van der Waals surface area (Å²) in [7, 11) is 4.00. The van der Waals surface area contributed by atoms with Crippen molar-refractivity contribution in [1.82, 2.24) is 15.1 Å². The maximum absolute atomic E-state index is 4.18. The third-order valence-electron chi connectivity index (χ3n) is 2.85. The number of rotatable bonds is 4. The number of hydrogen-bond acceptors (Lipinski definition) is 2. The molecule has 2 rings (SSSR count). The third-order valence-corrected chi connectivity index (χ3v) is 2.85. The quantitative estimate of drug-likeness (QED) is 0.746. The van der Waals surface area contributed by atoms with Crippen molar-refractivity contribution >= 4 is 0 Å². The SMILES string of the molecule is CNCC1(Cc2cnn(C)c2)CC1. The van der Waals surface area contributed by atoms with Gasteiger partial charge in [0.05, 0.1) is 6.20 Å². The molecule has 1 saturated carbocycles. The normalized spacial score (nSPS) is 18.9. The molecule has 0 aromatic carbocycles. The molecule has 0 bridgehead atoms. The zero-order valence-electron chi connectivity index (χ0n) is 8.38. The maximum Gasteiger partial charge on any atom is 0.0521 e. The Morgan fingerprint density at radius 1 is 1.62 bits per heavy atom. The van der Waals surface area contributed by atoms with Gasteiger partial charge in [-0.05, 0) is 37.3 Å². The Balaban J connectivity index is 1.98. The van der Waals surface area contributed by atoms with Gasteiger partial charge in [0.1, 0.15) is 0 Å². The lowest BCUT2D eigenvalue weighted by Gasteiger charge is -2.12. The summed E-state index contributed by atoms with van der Waals surface area (Å²) in [4.78, 5) is 0. The van der Waals surface area contributed by atoms with E-state index in [1.807, 2.05) is 25.0 Å². The fourth-order valence-corrected chi connectivity index (χ4v) is 1.96. The first-order chi connectivity index (χ1) is 6.24. The predicted molar refractivity (Wildman–Crippen MR) is 52.5 cm³/mol. The van der Waals surface area contributed by atoms with E-state index in [1.165, 1.54) is 24.8 Å². The van der Waals surface area contributed by atoms with Gasteiger partial charge in [0.15, 0.2) is 0 Å². The summed E-state index contributed by atoms with van der Waals surface area (Å²) in [5, 5.41) is 7.46. The summed E-state index contributed by atoms with van der Waals surface area (Å²) in [6.45, 7) is 1.14. The van der Waals surface area contributed by atoms with E-state index in [4.69, 9.17) is 0 Å². The van der Waals surface area contributed by atoms with Gasteiger partial charge in [-0.2, -0.15) is 5.10 Å². The first-order valence-corrected chi connectivity index (χ1v) is 4.86. The van der Waals surface area contributed by atoms with E-state index in [1.54, 1.807) is 0 Å². The van der Waals surface area contributed by atoms with Crippen LogP contribution < -0.4 is 5.32 Å². The summed E-state index contributed by atoms with van der Waals surface area (Å²) < 4.78 is 1.88. The van der Waals surface area contributed by atoms with Gasteiger partial charge in [-0.25, -0.2) is 0 Å². The minimum atomic E-state index is 0.553. The minimum absolute atomic E-state index is 0.553. The number of nitrogens with zero attached hydrogens (tertiary/aromatic N) is 2. The number of aryl methyl sites for hydroxylation is 1. The van der Waals surface area contributed by atoms with Crippen molar-refractivity contribution in [2.75, 3.05) is 13.6 Å². The topological polar surface area (TPSA) is 29.9 Å². The highest BCUT2D eigenvalue weighted by Gasteiger charge is 2.41. The number of aromatic nitrogens is 2. The Labute approximate surface area is 79.1 Å². The summed E-state index contributed by atoms with van der Waals surface area (Å²) in [6.07, 6.45) is 8.01. The van der Waals surface area contributed by atoms with Crippen LogP contribution in [0, 0.1) is 5.41 Å². The van der Waals surface area contributed by atoms with E-state index in [0.29, 0.717) is 5.41 Å². The van der Waals surface area contributed by atoms with Crippen LogP contribution in [0.1, 0.15) is 18.4 Å². The molecule has 0 atom stereocenters. The summed E-state index contributed by atoms with van der Waals surface area (Å²) in [5.41, 5.74) is 1.92. The highest BCUT2D eigenvalue weighted by Crippen LogP contribution is 2.47. The zero-order valence-corrected chi connectivity index (χ0v) is 8.38. The fraction of sp³-hybridized carbons (Fsp3) is 0.700. The van der Waals surface area contributed by atoms with E-state index in [9.17, 15) is 0 Å². The smallest absolute Gasteiger partial charge is 0.0521 e. The van der Waals surface area contributed by atoms with Gasteiger partial charge < -0.3 is 5.32 Å². The van der Waals surface area contributed by atoms with Crippen LogP contribution in [0.5, 0.6) is 0 Å². The molecule has 13 heavy (non-hydrogen) atoms. The molecule has 3 heteroatoms. The van der Waals surface area contributed by atoms with Crippen molar-refractivity contribution in [3.63, 3.8) is 0 Å². The molecular weight excluding hydrogens is 162 g/mol. The van der Waals surface area contributed by atoms with Crippen molar-refractivity contribution in [3.05, 3.63) is 18.0 Å². The largest absolute Gasteiger partial charge is 0.319 e. The molecule has 1 fully saturated rings. The zero-order chi connectivity index (χ0) is 9.31. The molecule has 1 N–H and O–H groups in total. The second-order valence-electron chi connectivity index (χ2n) is 4.23. The van der Waals surface area contributed by atoms with Gasteiger partial charge in [0.2, 0.25) is 0 Å². The molecule has 3 nitrogen and oxygen atoms in total. The molecule has 1 aliphatic rings. The second kappa shape index (κ2) is 3.14. The maximum atomic E-state index is 4.18. The van der Waals surface area contributed by atoms with Gasteiger partial charge >= 0.3 is 0 Å². The Hall–Kier alpha value is -0.830. The Bertz CT molecular complexity index is 286. The molecule has 1 aliphatic carbocycles. The van der Waals surface area contributed by atoms with E-state index >= 15 is 0 Å². The average molecular weight is 179 g/mol. The average Bonchev–Trinajstić information content (AvgIpc) is 2.70. The van der Waals surface area contributed by atoms with Gasteiger partial charge in [-0.1, -0.05) is 0 Å². The van der Waals surface area contributed by atoms with E-state index in [2.05, 4.69) is 16.6 Å². The molecule has 0 unspecified atom stereocenters. The fourth-order valence-electron chi connectivity index (χ4n) is 1.96. The monoisotopic (exact) mass is 179 g/mol. The molecule has 1 aromatic rings. The van der Waals surface area contributed by atoms with Crippen LogP contribution in [0.3, 0.4) is 0 Å². The number of hydrogen-bond donors (Lipinski definition) is 1. The molecule has 0 radical (unpaired) electrons. The van der Waals surface area contributed by atoms with Crippen molar-refractivity contribution < 1.29 is 0 Å². The summed E-state index contributed by atoms with van der Waals surface area (Å²) >= 11 is 0. The molecule has 0 aliphatic heterocycles. The molecule has 1 heterocycles. The lowest BCUT2D eigenvalue weighted by atomic mass is 9.99. The van der Waals surface area contributed by atoms with Crippen LogP contribution in [-0.4, -0.2) is 23.4 Å². The Morgan fingerprint density at radius 2 is 2.38 bits per heavy atom. The Morgan fingerprint density at radius 3 is 2.85 bits per heavy atom. The van der Waals surface area contributed by atoms with Gasteiger partial charge in [0, 0.05) is 19.8 Å². The van der Waals surface area contributed by atoms with Crippen LogP contribution in [0.25, 0.3) is 0 Å². The van der Waals surface area contributed by atoms with Gasteiger partial charge in [-0.3, -0.25) is 4.68 Å². The highest BCUT2D eigenvalue weighted by molar-refractivity contribution is 5.12. The molecule has 0 spiro atoms. The molecule has 72 valence electrons. The minimum Gasteiger partial charge on any atom is -0.319 e. The first kappa shape index (κ1) is 8.75. The lowest BCUT2D eigenvalue weighted by molar-refractivity contribution is 0.478. The third kappa shape index (κ3) is 1.91. The van der Waals surface area contributed by atoms with E-state index in [0.717, 1.165) is 6.54 Å². The molecule has 1 aromatic heterocycles. The standard InChI is InChI=1S/C10H17N3/c1-11-8-10(3-4-10)5-9-6-12-13(2)7-9/h6-7,11H,3-5,8H2,1-2H3. The summed E-state index contributed by atoms with van der Waals surface area (Å²) in [5.74, 6) is 0. The first-order valence-electron chi connectivity index (χ1n) is 4.86. The van der Waals surface area contributed by atoms with Gasteiger partial charge in [-0.15, -0.1) is 0 Å². The summed E-state index contributed by atoms with van der Waals surface area (Å²) in [6, 6.07) is 0. The molecule has 0 saturated heterocycles. The second-order valence-corrected chi connectivity index (χ2v) is 4.23. The lowest BCUT2D eigenvalue weighted by Crippen LogP contribution is -2.21. The Kier molecular flexibility index (Phi) is 2.12. The van der Waals surface area contributed by atoms with Crippen molar-refractivity contribution in [1.29, 1.82) is 0 Å². The van der Waals surface area contributed by atoms with E-state index < -0.39 is 0 Å². The molecular formula is C10H17N3. The van der Waals surface area contributed by atoms with Crippen molar-refractivity contribution in [2.45, 2.75) is 19.3 Å². The van der Waals surface area contributed by atoms with Crippen molar-refractivity contribution in [3.8, 4) is 0 Å². The van der Waals surface area contributed by atoms with Crippen LogP contribution in [0.2, 0.25) is 0 Å².